The van der Waals surface area contributed by atoms with E-state index in [-0.39, 0.29) is 17.4 Å². The van der Waals surface area contributed by atoms with Crippen LogP contribution in [0.15, 0.2) is 12.1 Å². The molecule has 2 aromatic rings. The predicted molar refractivity (Wildman–Crippen MR) is 81.3 cm³/mol. The second-order valence-electron chi connectivity index (χ2n) is 4.53. The molecule has 2 aromatic heterocycles. The lowest BCUT2D eigenvalue weighted by atomic mass is 10.0. The number of hydrogen-bond acceptors (Lipinski definition) is 6. The molecule has 0 amide bonds. The number of carbonyl (C=O) groups is 2. The molecule has 7 heteroatoms. The number of carbonyl (C=O) groups excluding carboxylic acids is 2. The topological polar surface area (TPSA) is 65.5 Å². The molecule has 0 spiro atoms. The third-order valence-corrected chi connectivity index (χ3v) is 4.40. The standard InChI is InChI=1S/C14H14ClNO4S/c1-7(14(18)20-3)4-9(17)12-5-8-11(21-12)6-10(19-2)13(15)16-8/h5-7H,4H2,1-3H3/t7-/m0/s1. The molecule has 0 fully saturated rings. The molecule has 21 heavy (non-hydrogen) atoms. The van der Waals surface area contributed by atoms with Gasteiger partial charge in [-0.25, -0.2) is 4.98 Å². The molecule has 0 aliphatic rings. The minimum absolute atomic E-state index is 0.102. The summed E-state index contributed by atoms with van der Waals surface area (Å²) in [5.74, 6) is -0.523. The molecule has 0 radical (unpaired) electrons. The minimum atomic E-state index is -0.473. The number of ketones is 1. The Morgan fingerprint density at radius 3 is 2.71 bits per heavy atom. The van der Waals surface area contributed by atoms with Crippen LogP contribution < -0.4 is 4.74 Å². The lowest BCUT2D eigenvalue weighted by molar-refractivity contribution is -0.144. The number of fused-ring (bicyclic) bond motifs is 1. The number of ether oxygens (including phenoxy) is 2. The molecule has 2 rings (SSSR count). The van der Waals surface area contributed by atoms with Gasteiger partial charge < -0.3 is 9.47 Å². The average molecular weight is 328 g/mol. The highest BCUT2D eigenvalue weighted by Crippen LogP contribution is 2.32. The largest absolute Gasteiger partial charge is 0.493 e. The van der Waals surface area contributed by atoms with Crippen molar-refractivity contribution >= 4 is 44.9 Å². The first-order valence-electron chi connectivity index (χ1n) is 6.21. The zero-order valence-electron chi connectivity index (χ0n) is 11.8. The van der Waals surface area contributed by atoms with Gasteiger partial charge in [0.25, 0.3) is 0 Å². The van der Waals surface area contributed by atoms with Gasteiger partial charge >= 0.3 is 5.97 Å². The summed E-state index contributed by atoms with van der Waals surface area (Å²) in [7, 11) is 2.81. The van der Waals surface area contributed by atoms with Gasteiger partial charge in [0.2, 0.25) is 0 Å². The van der Waals surface area contributed by atoms with Gasteiger partial charge in [0.05, 0.1) is 35.2 Å². The Kier molecular flexibility index (Phi) is 4.80. The van der Waals surface area contributed by atoms with Crippen LogP contribution in [0, 0.1) is 5.92 Å². The second kappa shape index (κ2) is 6.41. The maximum atomic E-state index is 12.2. The fraction of sp³-hybridized carbons (Fsp3) is 0.357. The van der Waals surface area contributed by atoms with E-state index in [1.54, 1.807) is 19.1 Å². The highest BCUT2D eigenvalue weighted by Gasteiger charge is 2.20. The van der Waals surface area contributed by atoms with Crippen LogP contribution in [-0.4, -0.2) is 31.0 Å². The number of pyridine rings is 1. The Morgan fingerprint density at radius 2 is 2.10 bits per heavy atom. The van der Waals surface area contributed by atoms with Gasteiger partial charge in [-0.2, -0.15) is 0 Å². The van der Waals surface area contributed by atoms with Gasteiger partial charge in [0, 0.05) is 12.5 Å². The van der Waals surface area contributed by atoms with E-state index in [2.05, 4.69) is 9.72 Å². The fourth-order valence-electron chi connectivity index (χ4n) is 1.87. The normalized spacial score (nSPS) is 12.2. The summed E-state index contributed by atoms with van der Waals surface area (Å²) < 4.78 is 10.5. The van der Waals surface area contributed by atoms with Gasteiger partial charge in [-0.05, 0) is 6.07 Å². The van der Waals surface area contributed by atoms with Crippen molar-refractivity contribution in [2.45, 2.75) is 13.3 Å². The van der Waals surface area contributed by atoms with Crippen LogP contribution in [0.2, 0.25) is 5.15 Å². The first kappa shape index (κ1) is 15.7. The molecule has 0 saturated carbocycles. The van der Waals surface area contributed by atoms with E-state index < -0.39 is 11.9 Å². The maximum Gasteiger partial charge on any atom is 0.308 e. The quantitative estimate of drug-likeness (QED) is 0.478. The van der Waals surface area contributed by atoms with Gasteiger partial charge in [0.1, 0.15) is 0 Å². The van der Waals surface area contributed by atoms with E-state index in [4.69, 9.17) is 16.3 Å². The molecule has 0 bridgehead atoms. The van der Waals surface area contributed by atoms with Crippen molar-refractivity contribution in [2.75, 3.05) is 14.2 Å². The summed E-state index contributed by atoms with van der Waals surface area (Å²) in [6.45, 7) is 1.66. The van der Waals surface area contributed by atoms with Crippen LogP contribution >= 0.6 is 22.9 Å². The Labute approximate surface area is 130 Å². The third-order valence-electron chi connectivity index (χ3n) is 3.01. The van der Waals surface area contributed by atoms with Gasteiger partial charge in [-0.1, -0.05) is 18.5 Å². The second-order valence-corrected chi connectivity index (χ2v) is 5.97. The van der Waals surface area contributed by atoms with Crippen molar-refractivity contribution in [3.8, 4) is 5.75 Å². The summed E-state index contributed by atoms with van der Waals surface area (Å²) in [6, 6.07) is 3.42. The van der Waals surface area contributed by atoms with E-state index in [9.17, 15) is 9.59 Å². The monoisotopic (exact) mass is 327 g/mol. The Balaban J connectivity index is 2.26. The van der Waals surface area contributed by atoms with Crippen LogP contribution in [0.3, 0.4) is 0 Å². The van der Waals surface area contributed by atoms with Crippen molar-refractivity contribution in [1.82, 2.24) is 4.98 Å². The number of aromatic nitrogens is 1. The van der Waals surface area contributed by atoms with E-state index in [0.717, 1.165) is 4.70 Å². The summed E-state index contributed by atoms with van der Waals surface area (Å²) in [6.07, 6.45) is 0.102. The smallest absolute Gasteiger partial charge is 0.308 e. The number of methoxy groups -OCH3 is 2. The lowest BCUT2D eigenvalue weighted by Gasteiger charge is -2.06. The van der Waals surface area contributed by atoms with Gasteiger partial charge in [-0.3, -0.25) is 9.59 Å². The first-order valence-corrected chi connectivity index (χ1v) is 7.40. The first-order chi connectivity index (χ1) is 9.96. The fourth-order valence-corrected chi connectivity index (χ4v) is 3.07. The molecule has 2 heterocycles. The van der Waals surface area contributed by atoms with Crippen LogP contribution in [-0.2, 0) is 9.53 Å². The van der Waals surface area contributed by atoms with Crippen molar-refractivity contribution in [2.24, 2.45) is 5.92 Å². The number of halogens is 1. The number of Topliss-reactive ketones (excluding diaryl/α,β-unsaturated/α-hetero) is 1. The number of nitrogens with zero attached hydrogens (tertiary/aromatic N) is 1. The number of thiophene rings is 1. The molecule has 0 unspecified atom stereocenters. The van der Waals surface area contributed by atoms with Crippen LogP contribution in [0.1, 0.15) is 23.0 Å². The average Bonchev–Trinajstić information content (AvgIpc) is 2.87. The molecule has 0 aromatic carbocycles. The highest BCUT2D eigenvalue weighted by molar-refractivity contribution is 7.20. The van der Waals surface area contributed by atoms with Crippen molar-refractivity contribution in [1.29, 1.82) is 0 Å². The van der Waals surface area contributed by atoms with E-state index in [1.807, 2.05) is 0 Å². The Morgan fingerprint density at radius 1 is 1.38 bits per heavy atom. The SMILES string of the molecule is COC(=O)[C@@H](C)CC(=O)c1cc2nc(Cl)c(OC)cc2s1. The maximum absolute atomic E-state index is 12.2. The Bertz CT molecular complexity index is 698. The summed E-state index contributed by atoms with van der Waals surface area (Å²) >= 11 is 7.26. The van der Waals surface area contributed by atoms with Crippen molar-refractivity contribution in [3.05, 3.63) is 22.2 Å². The molecule has 5 nitrogen and oxygen atoms in total. The molecule has 1 atom stereocenters. The van der Waals surface area contributed by atoms with Gasteiger partial charge in [0.15, 0.2) is 16.7 Å². The highest BCUT2D eigenvalue weighted by atomic mass is 35.5. The molecule has 0 saturated heterocycles. The van der Waals surface area contributed by atoms with Crippen molar-refractivity contribution in [3.63, 3.8) is 0 Å². The summed E-state index contributed by atoms with van der Waals surface area (Å²) in [4.78, 5) is 28.3. The minimum Gasteiger partial charge on any atom is -0.493 e. The van der Waals surface area contributed by atoms with Crippen LogP contribution in [0.4, 0.5) is 0 Å². The number of rotatable bonds is 5. The predicted octanol–water partition coefficient (Wildman–Crippen LogP) is 3.34. The molecule has 0 aliphatic carbocycles. The lowest BCUT2D eigenvalue weighted by Crippen LogP contribution is -2.16. The van der Waals surface area contributed by atoms with Gasteiger partial charge in [-0.15, -0.1) is 11.3 Å². The summed E-state index contributed by atoms with van der Waals surface area (Å²) in [5.41, 5.74) is 0.639. The molecule has 0 aliphatic heterocycles. The zero-order valence-corrected chi connectivity index (χ0v) is 13.4. The molecular formula is C14H14ClNO4S. The third kappa shape index (κ3) is 3.33. The van der Waals surface area contributed by atoms with E-state index in [1.165, 1.54) is 25.6 Å². The van der Waals surface area contributed by atoms with Crippen LogP contribution in [0.5, 0.6) is 5.75 Å². The van der Waals surface area contributed by atoms with Crippen molar-refractivity contribution < 1.29 is 19.1 Å². The molecule has 112 valence electrons. The summed E-state index contributed by atoms with van der Waals surface area (Å²) in [5, 5.41) is 0.254. The van der Waals surface area contributed by atoms with E-state index >= 15 is 0 Å². The Hall–Kier alpha value is -1.66. The number of hydrogen-bond donors (Lipinski definition) is 0. The molecular weight excluding hydrogens is 314 g/mol. The van der Waals surface area contributed by atoms with E-state index in [0.29, 0.717) is 16.1 Å². The van der Waals surface area contributed by atoms with Crippen LogP contribution in [0.25, 0.3) is 10.2 Å². The molecule has 0 N–H and O–H groups in total. The zero-order chi connectivity index (χ0) is 15.6. The number of esters is 1.